The van der Waals surface area contributed by atoms with Gasteiger partial charge in [0, 0.05) is 16.6 Å². The van der Waals surface area contributed by atoms with Crippen LogP contribution in [0.4, 0.5) is 0 Å². The third kappa shape index (κ3) is 1.91. The van der Waals surface area contributed by atoms with Gasteiger partial charge in [-0.25, -0.2) is 4.98 Å². The van der Waals surface area contributed by atoms with Crippen LogP contribution in [0.3, 0.4) is 0 Å². The smallest absolute Gasteiger partial charge is 0.138 e. The first-order valence-corrected chi connectivity index (χ1v) is 6.54. The summed E-state index contributed by atoms with van der Waals surface area (Å²) < 4.78 is 3.18. The van der Waals surface area contributed by atoms with Crippen molar-refractivity contribution in [1.82, 2.24) is 9.55 Å². The molecule has 4 heteroatoms. The van der Waals surface area contributed by atoms with Gasteiger partial charge in [-0.1, -0.05) is 28.1 Å². The molecule has 2 heterocycles. The zero-order valence-electron chi connectivity index (χ0n) is 9.31. The van der Waals surface area contributed by atoms with Gasteiger partial charge in [0.1, 0.15) is 11.9 Å². The maximum absolute atomic E-state index is 9.88. The van der Waals surface area contributed by atoms with Crippen molar-refractivity contribution in [3.63, 3.8) is 0 Å². The van der Waals surface area contributed by atoms with Crippen molar-refractivity contribution < 1.29 is 5.11 Å². The van der Waals surface area contributed by atoms with Crippen LogP contribution in [0.15, 0.2) is 34.9 Å². The highest BCUT2D eigenvalue weighted by atomic mass is 79.9. The van der Waals surface area contributed by atoms with Crippen LogP contribution in [0.2, 0.25) is 0 Å². The Hall–Kier alpha value is -1.13. The summed E-state index contributed by atoms with van der Waals surface area (Å²) in [5.74, 6) is 0.797. The number of hydrogen-bond donors (Lipinski definition) is 1. The Balaban J connectivity index is 2.10. The van der Waals surface area contributed by atoms with Gasteiger partial charge >= 0.3 is 0 Å². The van der Waals surface area contributed by atoms with E-state index in [0.717, 1.165) is 40.9 Å². The largest absolute Gasteiger partial charge is 0.385 e. The molecule has 1 aromatic heterocycles. The van der Waals surface area contributed by atoms with Gasteiger partial charge < -0.3 is 9.67 Å². The number of aliphatic hydroxyl groups is 1. The highest BCUT2D eigenvalue weighted by Crippen LogP contribution is 2.30. The van der Waals surface area contributed by atoms with Crippen molar-refractivity contribution in [2.45, 2.75) is 25.5 Å². The van der Waals surface area contributed by atoms with Gasteiger partial charge in [0.15, 0.2) is 0 Å². The number of nitrogens with zero attached hydrogens (tertiary/aromatic N) is 2. The lowest BCUT2D eigenvalue weighted by Crippen LogP contribution is -2.16. The fourth-order valence-corrected chi connectivity index (χ4v) is 2.74. The number of benzene rings is 1. The Morgan fingerprint density at radius 1 is 1.41 bits per heavy atom. The molecule has 88 valence electrons. The topological polar surface area (TPSA) is 38.0 Å². The molecule has 0 saturated carbocycles. The molecule has 0 aliphatic carbocycles. The van der Waals surface area contributed by atoms with Gasteiger partial charge in [0.2, 0.25) is 0 Å². The van der Waals surface area contributed by atoms with Crippen LogP contribution in [-0.2, 0) is 6.54 Å². The molecule has 0 saturated heterocycles. The van der Waals surface area contributed by atoms with Gasteiger partial charge in [-0.15, -0.1) is 0 Å². The van der Waals surface area contributed by atoms with E-state index in [0.29, 0.717) is 0 Å². The van der Waals surface area contributed by atoms with Gasteiger partial charge in [-0.2, -0.15) is 0 Å². The lowest BCUT2D eigenvalue weighted by molar-refractivity contribution is 0.134. The van der Waals surface area contributed by atoms with E-state index in [1.54, 1.807) is 0 Å². The van der Waals surface area contributed by atoms with E-state index in [2.05, 4.69) is 37.6 Å². The van der Waals surface area contributed by atoms with Gasteiger partial charge in [-0.3, -0.25) is 0 Å². The van der Waals surface area contributed by atoms with Crippen molar-refractivity contribution in [3.05, 3.63) is 40.8 Å². The summed E-state index contributed by atoms with van der Waals surface area (Å²) in [6.45, 7) is 0.939. The molecule has 2 aromatic rings. The number of hydrogen-bond acceptors (Lipinski definition) is 2. The summed E-state index contributed by atoms with van der Waals surface area (Å²) >= 11 is 3.48. The maximum Gasteiger partial charge on any atom is 0.138 e. The van der Waals surface area contributed by atoms with Crippen molar-refractivity contribution >= 4 is 15.9 Å². The third-order valence-electron chi connectivity index (χ3n) is 3.16. The van der Waals surface area contributed by atoms with E-state index in [4.69, 9.17) is 0 Å². The van der Waals surface area contributed by atoms with Gasteiger partial charge in [-0.05, 0) is 25.0 Å². The highest BCUT2D eigenvalue weighted by molar-refractivity contribution is 9.10. The zero-order valence-corrected chi connectivity index (χ0v) is 10.9. The SMILES string of the molecule is OC1CCCn2c(-c3cccc(Br)c3)cnc21. The molecule has 0 fully saturated rings. The molecule has 1 N–H and O–H groups in total. The first-order valence-electron chi connectivity index (χ1n) is 5.75. The fraction of sp³-hybridized carbons (Fsp3) is 0.308. The molecule has 1 aliphatic heterocycles. The zero-order chi connectivity index (χ0) is 11.8. The van der Waals surface area contributed by atoms with E-state index in [9.17, 15) is 5.11 Å². The Labute approximate surface area is 108 Å². The molecule has 0 radical (unpaired) electrons. The van der Waals surface area contributed by atoms with Crippen molar-refractivity contribution in [1.29, 1.82) is 0 Å². The standard InChI is InChI=1S/C13H13BrN2O/c14-10-4-1-3-9(7-10)11-8-15-13-12(17)5-2-6-16(11)13/h1,3-4,7-8,12,17H,2,5-6H2. The molecular weight excluding hydrogens is 280 g/mol. The third-order valence-corrected chi connectivity index (χ3v) is 3.66. The van der Waals surface area contributed by atoms with Crippen LogP contribution in [0.25, 0.3) is 11.3 Å². The van der Waals surface area contributed by atoms with Crippen LogP contribution in [-0.4, -0.2) is 14.7 Å². The van der Waals surface area contributed by atoms with Crippen LogP contribution < -0.4 is 0 Å². The van der Waals surface area contributed by atoms with E-state index >= 15 is 0 Å². The second-order valence-electron chi connectivity index (χ2n) is 4.32. The van der Waals surface area contributed by atoms with Crippen molar-refractivity contribution in [3.8, 4) is 11.3 Å². The summed E-state index contributed by atoms with van der Waals surface area (Å²) in [4.78, 5) is 4.34. The van der Waals surface area contributed by atoms with E-state index in [1.165, 1.54) is 0 Å². The van der Waals surface area contributed by atoms with Crippen molar-refractivity contribution in [2.75, 3.05) is 0 Å². The minimum atomic E-state index is -0.412. The molecular formula is C13H13BrN2O. The minimum Gasteiger partial charge on any atom is -0.385 e. The average Bonchev–Trinajstić information content (AvgIpc) is 2.74. The van der Waals surface area contributed by atoms with E-state index in [1.807, 2.05) is 18.3 Å². The Kier molecular flexibility index (Phi) is 2.76. The molecule has 3 rings (SSSR count). The van der Waals surface area contributed by atoms with Crippen molar-refractivity contribution in [2.24, 2.45) is 0 Å². The lowest BCUT2D eigenvalue weighted by Gasteiger charge is -2.20. The lowest BCUT2D eigenvalue weighted by atomic mass is 10.1. The molecule has 0 amide bonds. The minimum absolute atomic E-state index is 0.412. The van der Waals surface area contributed by atoms with E-state index < -0.39 is 6.10 Å². The monoisotopic (exact) mass is 292 g/mol. The molecule has 17 heavy (non-hydrogen) atoms. The quantitative estimate of drug-likeness (QED) is 0.877. The predicted molar refractivity (Wildman–Crippen MR) is 69.6 cm³/mol. The molecule has 1 unspecified atom stereocenters. The second kappa shape index (κ2) is 4.27. The van der Waals surface area contributed by atoms with Gasteiger partial charge in [0.25, 0.3) is 0 Å². The van der Waals surface area contributed by atoms with Gasteiger partial charge in [0.05, 0.1) is 11.9 Å². The second-order valence-corrected chi connectivity index (χ2v) is 5.24. The number of imidazole rings is 1. The maximum atomic E-state index is 9.88. The summed E-state index contributed by atoms with van der Waals surface area (Å²) in [5, 5.41) is 9.88. The number of halogens is 1. The van der Waals surface area contributed by atoms with Crippen LogP contribution in [0.1, 0.15) is 24.8 Å². The van der Waals surface area contributed by atoms with Crippen LogP contribution >= 0.6 is 15.9 Å². The summed E-state index contributed by atoms with van der Waals surface area (Å²) in [6, 6.07) is 8.16. The normalized spacial score (nSPS) is 19.1. The first kappa shape index (κ1) is 11.0. The van der Waals surface area contributed by atoms with Crippen LogP contribution in [0, 0.1) is 0 Å². The van der Waals surface area contributed by atoms with E-state index in [-0.39, 0.29) is 0 Å². The highest BCUT2D eigenvalue weighted by Gasteiger charge is 2.22. The Morgan fingerprint density at radius 2 is 2.29 bits per heavy atom. The number of aliphatic hydroxyl groups excluding tert-OH is 1. The number of rotatable bonds is 1. The number of aromatic nitrogens is 2. The summed E-state index contributed by atoms with van der Waals surface area (Å²) in [5.41, 5.74) is 2.22. The molecule has 0 spiro atoms. The molecule has 1 aliphatic rings. The Morgan fingerprint density at radius 3 is 3.12 bits per heavy atom. The first-order chi connectivity index (χ1) is 8.25. The summed E-state index contributed by atoms with van der Waals surface area (Å²) in [6.07, 6.45) is 3.26. The molecule has 3 nitrogen and oxygen atoms in total. The average molecular weight is 293 g/mol. The number of fused-ring (bicyclic) bond motifs is 1. The molecule has 1 aromatic carbocycles. The van der Waals surface area contributed by atoms with Crippen LogP contribution in [0.5, 0.6) is 0 Å². The predicted octanol–water partition coefficient (Wildman–Crippen LogP) is 3.14. The molecule has 1 atom stereocenters. The Bertz CT molecular complexity index is 550. The summed E-state index contributed by atoms with van der Waals surface area (Å²) in [7, 11) is 0. The molecule has 0 bridgehead atoms. The fourth-order valence-electron chi connectivity index (χ4n) is 2.34.